The van der Waals surface area contributed by atoms with Crippen LogP contribution in [0.25, 0.3) is 0 Å². The third-order valence-corrected chi connectivity index (χ3v) is 4.79. The summed E-state index contributed by atoms with van der Waals surface area (Å²) in [6.07, 6.45) is 3.11. The highest BCUT2D eigenvalue weighted by Crippen LogP contribution is 2.32. The van der Waals surface area contributed by atoms with E-state index in [1.807, 2.05) is 18.2 Å². The normalized spacial score (nSPS) is 20.6. The summed E-state index contributed by atoms with van der Waals surface area (Å²) < 4.78 is 19.4. The topological polar surface area (TPSA) is 32.7 Å². The zero-order valence-corrected chi connectivity index (χ0v) is 15.4. The number of ether oxygens (including phenoxy) is 1. The lowest BCUT2D eigenvalue weighted by Gasteiger charge is -2.38. The number of allylic oxidation sites excluding steroid dienone is 1. The Bertz CT molecular complexity index is 753. The second-order valence-corrected chi connectivity index (χ2v) is 7.14. The highest BCUT2D eigenvalue weighted by Gasteiger charge is 2.32. The van der Waals surface area contributed by atoms with Gasteiger partial charge in [0.15, 0.2) is 0 Å². The molecule has 2 aromatic carbocycles. The summed E-state index contributed by atoms with van der Waals surface area (Å²) in [5.41, 5.74) is 2.38. The molecule has 1 aliphatic heterocycles. The van der Waals surface area contributed by atoms with Gasteiger partial charge in [-0.25, -0.2) is 4.39 Å². The Kier molecular flexibility index (Phi) is 5.94. The van der Waals surface area contributed by atoms with Crippen LogP contribution in [0, 0.1) is 5.82 Å². The van der Waals surface area contributed by atoms with E-state index in [-0.39, 0.29) is 23.6 Å². The quantitative estimate of drug-likeness (QED) is 0.787. The van der Waals surface area contributed by atoms with E-state index in [1.54, 1.807) is 18.2 Å². The van der Waals surface area contributed by atoms with Gasteiger partial charge in [-0.15, -0.1) is 0 Å². The summed E-state index contributed by atoms with van der Waals surface area (Å²) in [6.45, 7) is 6.94. The van der Waals surface area contributed by atoms with Crippen LogP contribution in [-0.4, -0.2) is 35.7 Å². The molecular weight excluding hydrogens is 329 g/mol. The van der Waals surface area contributed by atoms with E-state index >= 15 is 0 Å². The summed E-state index contributed by atoms with van der Waals surface area (Å²) in [5, 5.41) is 9.89. The van der Waals surface area contributed by atoms with Crippen molar-refractivity contribution in [2.24, 2.45) is 0 Å². The first kappa shape index (κ1) is 18.5. The highest BCUT2D eigenvalue weighted by molar-refractivity contribution is 5.32. The Hall–Kier alpha value is -2.33. The number of halogens is 1. The van der Waals surface area contributed by atoms with Gasteiger partial charge in [0.2, 0.25) is 0 Å². The molecule has 0 unspecified atom stereocenters. The Labute approximate surface area is 154 Å². The van der Waals surface area contributed by atoms with Crippen LogP contribution in [0.3, 0.4) is 0 Å². The van der Waals surface area contributed by atoms with Crippen LogP contribution in [-0.2, 0) is 0 Å². The van der Waals surface area contributed by atoms with E-state index in [0.29, 0.717) is 5.75 Å². The first-order chi connectivity index (χ1) is 12.5. The van der Waals surface area contributed by atoms with Crippen molar-refractivity contribution in [3.8, 4) is 11.5 Å². The van der Waals surface area contributed by atoms with Crippen molar-refractivity contribution in [1.82, 2.24) is 4.90 Å². The minimum atomic E-state index is -0.265. The van der Waals surface area contributed by atoms with Crippen molar-refractivity contribution in [2.75, 3.05) is 19.6 Å². The number of rotatable bonds is 5. The predicted octanol–water partition coefficient (Wildman–Crippen LogP) is 4.73. The van der Waals surface area contributed by atoms with E-state index in [2.05, 4.69) is 24.8 Å². The van der Waals surface area contributed by atoms with Crippen LogP contribution in [0.15, 0.2) is 60.2 Å². The van der Waals surface area contributed by atoms with Crippen LogP contribution < -0.4 is 4.74 Å². The van der Waals surface area contributed by atoms with E-state index in [9.17, 15) is 9.50 Å². The largest absolute Gasteiger partial charge is 0.508 e. The van der Waals surface area contributed by atoms with Gasteiger partial charge in [0.25, 0.3) is 0 Å². The standard InChI is InChI=1S/C22H26FNO2/c1-16(2)10-12-24-13-11-22(26-20-8-6-18(23)7-9-20)21(15-24)17-4-3-5-19(25)14-17/h3-10,14,21-22,25H,11-13,15H2,1-2H3/t21-,22+/m0/s1. The van der Waals surface area contributed by atoms with Gasteiger partial charge in [-0.05, 0) is 62.2 Å². The number of aromatic hydroxyl groups is 1. The number of nitrogens with zero attached hydrogens (tertiary/aromatic N) is 1. The van der Waals surface area contributed by atoms with Crippen LogP contribution in [0.2, 0.25) is 0 Å². The SMILES string of the molecule is CC(C)=CCN1CC[C@@H](Oc2ccc(F)cc2)[C@H](c2cccc(O)c2)C1. The van der Waals surface area contributed by atoms with Gasteiger partial charge < -0.3 is 9.84 Å². The minimum Gasteiger partial charge on any atom is -0.508 e. The Morgan fingerprint density at radius 3 is 2.69 bits per heavy atom. The fraction of sp³-hybridized carbons (Fsp3) is 0.364. The highest BCUT2D eigenvalue weighted by atomic mass is 19.1. The summed E-state index contributed by atoms with van der Waals surface area (Å²) in [4.78, 5) is 2.41. The monoisotopic (exact) mass is 355 g/mol. The number of hydrogen-bond acceptors (Lipinski definition) is 3. The molecule has 3 rings (SSSR count). The molecule has 1 N–H and O–H groups in total. The third-order valence-electron chi connectivity index (χ3n) is 4.79. The maximum absolute atomic E-state index is 13.2. The Morgan fingerprint density at radius 1 is 1.23 bits per heavy atom. The summed E-state index contributed by atoms with van der Waals surface area (Å²) >= 11 is 0. The van der Waals surface area contributed by atoms with E-state index < -0.39 is 0 Å². The molecule has 1 saturated heterocycles. The summed E-state index contributed by atoms with van der Waals surface area (Å²) in [7, 11) is 0. The molecule has 0 radical (unpaired) electrons. The average molecular weight is 355 g/mol. The molecule has 0 aliphatic carbocycles. The van der Waals surface area contributed by atoms with Crippen molar-refractivity contribution in [1.29, 1.82) is 0 Å². The van der Waals surface area contributed by atoms with E-state index in [4.69, 9.17) is 4.74 Å². The van der Waals surface area contributed by atoms with Crippen LogP contribution >= 0.6 is 0 Å². The molecule has 0 saturated carbocycles. The number of likely N-dealkylation sites (tertiary alicyclic amines) is 1. The second kappa shape index (κ2) is 8.37. The van der Waals surface area contributed by atoms with Crippen LogP contribution in [0.1, 0.15) is 31.7 Å². The molecule has 0 bridgehead atoms. The maximum Gasteiger partial charge on any atom is 0.123 e. The molecular formula is C22H26FNO2. The van der Waals surface area contributed by atoms with Crippen molar-refractivity contribution in [3.63, 3.8) is 0 Å². The first-order valence-electron chi connectivity index (χ1n) is 9.08. The lowest BCUT2D eigenvalue weighted by atomic mass is 9.87. The molecule has 138 valence electrons. The van der Waals surface area contributed by atoms with Crippen LogP contribution in [0.4, 0.5) is 4.39 Å². The van der Waals surface area contributed by atoms with Gasteiger partial charge >= 0.3 is 0 Å². The number of phenolic OH excluding ortho intramolecular Hbond substituents is 1. The first-order valence-corrected chi connectivity index (χ1v) is 9.08. The zero-order valence-electron chi connectivity index (χ0n) is 15.4. The minimum absolute atomic E-state index is 0.00906. The molecule has 3 nitrogen and oxygen atoms in total. The van der Waals surface area contributed by atoms with Gasteiger partial charge in [0, 0.05) is 25.6 Å². The van der Waals surface area contributed by atoms with Gasteiger partial charge in [-0.1, -0.05) is 23.8 Å². The van der Waals surface area contributed by atoms with Gasteiger partial charge in [-0.2, -0.15) is 0 Å². The molecule has 2 atom stereocenters. The zero-order chi connectivity index (χ0) is 18.5. The molecule has 2 aromatic rings. The Balaban J connectivity index is 1.80. The van der Waals surface area contributed by atoms with Crippen LogP contribution in [0.5, 0.6) is 11.5 Å². The molecule has 0 spiro atoms. The number of hydrogen-bond donors (Lipinski definition) is 1. The van der Waals surface area contributed by atoms with Crippen molar-refractivity contribution in [2.45, 2.75) is 32.3 Å². The molecule has 1 fully saturated rings. The number of piperidine rings is 1. The molecule has 26 heavy (non-hydrogen) atoms. The number of phenols is 1. The molecule has 0 amide bonds. The van der Waals surface area contributed by atoms with Gasteiger partial charge in [0.05, 0.1) is 0 Å². The Morgan fingerprint density at radius 2 is 2.00 bits per heavy atom. The lowest BCUT2D eigenvalue weighted by molar-refractivity contribution is 0.0832. The van der Waals surface area contributed by atoms with Crippen molar-refractivity contribution in [3.05, 3.63) is 71.6 Å². The van der Waals surface area contributed by atoms with E-state index in [1.165, 1.54) is 17.7 Å². The average Bonchev–Trinajstić information content (AvgIpc) is 2.62. The molecule has 1 aliphatic rings. The maximum atomic E-state index is 13.2. The predicted molar refractivity (Wildman–Crippen MR) is 102 cm³/mol. The van der Waals surface area contributed by atoms with Gasteiger partial charge in [-0.3, -0.25) is 4.90 Å². The van der Waals surface area contributed by atoms with Crippen molar-refractivity contribution < 1.29 is 14.2 Å². The van der Waals surface area contributed by atoms with Crippen molar-refractivity contribution >= 4 is 0 Å². The molecule has 1 heterocycles. The smallest absolute Gasteiger partial charge is 0.123 e. The molecule has 4 heteroatoms. The van der Waals surface area contributed by atoms with Gasteiger partial charge in [0.1, 0.15) is 23.4 Å². The van der Waals surface area contributed by atoms with E-state index in [0.717, 1.165) is 31.6 Å². The second-order valence-electron chi connectivity index (χ2n) is 7.14. The third kappa shape index (κ3) is 4.85. The number of benzene rings is 2. The molecule has 0 aromatic heterocycles. The summed E-state index contributed by atoms with van der Waals surface area (Å²) in [6, 6.07) is 13.6. The fourth-order valence-corrected chi connectivity index (χ4v) is 3.38. The lowest BCUT2D eigenvalue weighted by Crippen LogP contribution is -2.44. The fourth-order valence-electron chi connectivity index (χ4n) is 3.38. The summed E-state index contributed by atoms with van der Waals surface area (Å²) in [5.74, 6) is 0.827.